The number of aryl methyl sites for hydroxylation is 2. The van der Waals surface area contributed by atoms with Gasteiger partial charge < -0.3 is 19.5 Å². The largest absolute Gasteiger partial charge is 0.493 e. The minimum absolute atomic E-state index is 0.0721. The summed E-state index contributed by atoms with van der Waals surface area (Å²) in [5.41, 5.74) is 0.670. The van der Waals surface area contributed by atoms with Crippen LogP contribution in [0.1, 0.15) is 26.5 Å². The number of esters is 1. The Hall–Kier alpha value is -3.17. The zero-order valence-electron chi connectivity index (χ0n) is 14.5. The minimum atomic E-state index is -3.11. The zero-order chi connectivity index (χ0) is 19.4. The Morgan fingerprint density at radius 1 is 1.19 bits per heavy atom. The van der Waals surface area contributed by atoms with Gasteiger partial charge in [0.05, 0.1) is 31.2 Å². The quantitative estimate of drug-likeness (QED) is 0.786. The van der Waals surface area contributed by atoms with E-state index in [4.69, 9.17) is 4.74 Å². The van der Waals surface area contributed by atoms with Crippen molar-refractivity contribution in [2.45, 2.75) is 13.5 Å². The maximum Gasteiger partial charge on any atom is 0.387 e. The Morgan fingerprint density at radius 2 is 1.88 bits per heavy atom. The van der Waals surface area contributed by atoms with E-state index in [1.165, 1.54) is 17.9 Å². The van der Waals surface area contributed by atoms with Gasteiger partial charge in [-0.25, -0.2) is 4.79 Å². The second-order valence-corrected chi connectivity index (χ2v) is 5.17. The van der Waals surface area contributed by atoms with E-state index in [2.05, 4.69) is 19.9 Å². The third-order valence-corrected chi connectivity index (χ3v) is 3.41. The fraction of sp³-hybridized carbons (Fsp3) is 0.312. The molecule has 0 bridgehead atoms. The summed E-state index contributed by atoms with van der Waals surface area (Å²) in [6.45, 7) is -1.41. The molecular formula is C16H17F2N3O5. The molecular weight excluding hydrogens is 352 g/mol. The average Bonchev–Trinajstić information content (AvgIpc) is 2.92. The SMILES string of the molecule is COC(=O)c1cc(OC)c(OC(F)F)cc1NC(=O)c1cc(C)nn1C. The number of methoxy groups -OCH3 is 2. The topological polar surface area (TPSA) is 91.7 Å². The molecule has 140 valence electrons. The number of alkyl halides is 2. The van der Waals surface area contributed by atoms with Crippen LogP contribution in [0.2, 0.25) is 0 Å². The van der Waals surface area contributed by atoms with Gasteiger partial charge in [0.2, 0.25) is 0 Å². The van der Waals surface area contributed by atoms with Gasteiger partial charge in [0, 0.05) is 19.2 Å². The van der Waals surface area contributed by atoms with Crippen molar-refractivity contribution in [2.75, 3.05) is 19.5 Å². The number of hydrogen-bond acceptors (Lipinski definition) is 6. The molecule has 0 atom stereocenters. The first-order valence-electron chi connectivity index (χ1n) is 7.34. The number of ether oxygens (including phenoxy) is 3. The van der Waals surface area contributed by atoms with Gasteiger partial charge in [-0.3, -0.25) is 9.48 Å². The van der Waals surface area contributed by atoms with Crippen LogP contribution in [0, 0.1) is 6.92 Å². The van der Waals surface area contributed by atoms with Gasteiger partial charge in [0.15, 0.2) is 11.5 Å². The summed E-state index contributed by atoms with van der Waals surface area (Å²) in [6.07, 6.45) is 0. The summed E-state index contributed by atoms with van der Waals surface area (Å²) in [5.74, 6) is -1.83. The molecule has 0 aliphatic carbocycles. The van der Waals surface area contributed by atoms with E-state index in [-0.39, 0.29) is 28.4 Å². The highest BCUT2D eigenvalue weighted by molar-refractivity contribution is 6.07. The zero-order valence-corrected chi connectivity index (χ0v) is 14.5. The second kappa shape index (κ2) is 7.81. The Bertz CT molecular complexity index is 836. The van der Waals surface area contributed by atoms with Crippen LogP contribution >= 0.6 is 0 Å². The van der Waals surface area contributed by atoms with Gasteiger partial charge in [-0.2, -0.15) is 13.9 Å². The third-order valence-electron chi connectivity index (χ3n) is 3.41. The fourth-order valence-corrected chi connectivity index (χ4v) is 2.30. The number of benzene rings is 1. The molecule has 1 amide bonds. The van der Waals surface area contributed by atoms with Crippen LogP contribution in [0.4, 0.5) is 14.5 Å². The van der Waals surface area contributed by atoms with Crippen molar-refractivity contribution < 1.29 is 32.6 Å². The number of rotatable bonds is 6. The second-order valence-electron chi connectivity index (χ2n) is 5.17. The lowest BCUT2D eigenvalue weighted by Crippen LogP contribution is -2.19. The van der Waals surface area contributed by atoms with Crippen LogP contribution in [0.25, 0.3) is 0 Å². The number of carbonyl (C=O) groups is 2. The van der Waals surface area contributed by atoms with E-state index in [1.807, 2.05) is 0 Å². The molecule has 0 fully saturated rings. The Kier molecular flexibility index (Phi) is 5.75. The number of nitrogens with zero attached hydrogens (tertiary/aromatic N) is 2. The molecule has 1 aromatic heterocycles. The number of carbonyl (C=O) groups excluding carboxylic acids is 2. The molecule has 0 saturated heterocycles. The van der Waals surface area contributed by atoms with Crippen LogP contribution in [-0.4, -0.2) is 42.5 Å². The molecule has 1 heterocycles. The Balaban J connectivity index is 2.48. The van der Waals surface area contributed by atoms with Crippen LogP contribution in [-0.2, 0) is 11.8 Å². The maximum atomic E-state index is 12.6. The fourth-order valence-electron chi connectivity index (χ4n) is 2.30. The Morgan fingerprint density at radius 3 is 2.38 bits per heavy atom. The number of hydrogen-bond donors (Lipinski definition) is 1. The molecule has 10 heteroatoms. The van der Waals surface area contributed by atoms with Gasteiger partial charge in [-0.05, 0) is 13.0 Å². The van der Waals surface area contributed by atoms with E-state index in [1.54, 1.807) is 14.0 Å². The highest BCUT2D eigenvalue weighted by atomic mass is 19.3. The lowest BCUT2D eigenvalue weighted by Gasteiger charge is -2.15. The number of anilines is 1. The van der Waals surface area contributed by atoms with Crippen molar-refractivity contribution in [3.05, 3.63) is 35.2 Å². The van der Waals surface area contributed by atoms with E-state index in [0.29, 0.717) is 5.69 Å². The molecule has 8 nitrogen and oxygen atoms in total. The standard InChI is InChI=1S/C16H17F2N3O5/c1-8-5-11(21(2)20-8)14(22)19-10-7-13(26-16(17)18)12(24-3)6-9(10)15(23)25-4/h5-7,16H,1-4H3,(H,19,22). The first kappa shape index (κ1) is 19.2. The number of nitrogens with one attached hydrogen (secondary N) is 1. The number of aromatic nitrogens is 2. The van der Waals surface area contributed by atoms with E-state index < -0.39 is 18.5 Å². The summed E-state index contributed by atoms with van der Waals surface area (Å²) in [4.78, 5) is 24.4. The predicted molar refractivity (Wildman–Crippen MR) is 86.9 cm³/mol. The molecule has 2 rings (SSSR count). The van der Waals surface area contributed by atoms with Crippen LogP contribution < -0.4 is 14.8 Å². The third kappa shape index (κ3) is 4.08. The first-order valence-corrected chi connectivity index (χ1v) is 7.34. The van der Waals surface area contributed by atoms with Gasteiger partial charge >= 0.3 is 12.6 Å². The number of amides is 1. The lowest BCUT2D eigenvalue weighted by atomic mass is 10.1. The van der Waals surface area contributed by atoms with Crippen molar-refractivity contribution in [1.29, 1.82) is 0 Å². The molecule has 2 aromatic rings. The van der Waals surface area contributed by atoms with Crippen molar-refractivity contribution in [3.63, 3.8) is 0 Å². The summed E-state index contributed by atoms with van der Waals surface area (Å²) < 4.78 is 40.6. The molecule has 0 spiro atoms. The smallest absolute Gasteiger partial charge is 0.387 e. The van der Waals surface area contributed by atoms with Crippen molar-refractivity contribution in [2.24, 2.45) is 7.05 Å². The maximum absolute atomic E-state index is 12.6. The van der Waals surface area contributed by atoms with Gasteiger partial charge in [0.1, 0.15) is 5.69 Å². The molecule has 1 N–H and O–H groups in total. The molecule has 0 saturated carbocycles. The Labute approximate surface area is 147 Å². The van der Waals surface area contributed by atoms with Gasteiger partial charge in [-0.1, -0.05) is 0 Å². The summed E-state index contributed by atoms with van der Waals surface area (Å²) in [7, 11) is 3.95. The number of halogens is 2. The van der Waals surface area contributed by atoms with Crippen LogP contribution in [0.5, 0.6) is 11.5 Å². The summed E-state index contributed by atoms with van der Waals surface area (Å²) >= 11 is 0. The van der Waals surface area contributed by atoms with Crippen molar-refractivity contribution >= 4 is 17.6 Å². The van der Waals surface area contributed by atoms with Crippen molar-refractivity contribution in [3.8, 4) is 11.5 Å². The van der Waals surface area contributed by atoms with Crippen LogP contribution in [0.3, 0.4) is 0 Å². The van der Waals surface area contributed by atoms with E-state index in [0.717, 1.165) is 19.2 Å². The lowest BCUT2D eigenvalue weighted by molar-refractivity contribution is -0.0511. The monoisotopic (exact) mass is 369 g/mol. The first-order chi connectivity index (χ1) is 12.3. The average molecular weight is 369 g/mol. The normalized spacial score (nSPS) is 10.6. The highest BCUT2D eigenvalue weighted by Crippen LogP contribution is 2.35. The van der Waals surface area contributed by atoms with E-state index >= 15 is 0 Å². The molecule has 0 unspecified atom stereocenters. The van der Waals surface area contributed by atoms with E-state index in [9.17, 15) is 18.4 Å². The molecule has 0 aliphatic rings. The van der Waals surface area contributed by atoms with Crippen molar-refractivity contribution in [1.82, 2.24) is 9.78 Å². The molecule has 26 heavy (non-hydrogen) atoms. The van der Waals surface area contributed by atoms with Gasteiger partial charge in [0.25, 0.3) is 5.91 Å². The molecule has 0 radical (unpaired) electrons. The molecule has 0 aliphatic heterocycles. The summed E-state index contributed by atoms with van der Waals surface area (Å²) in [6, 6.07) is 3.75. The highest BCUT2D eigenvalue weighted by Gasteiger charge is 2.22. The van der Waals surface area contributed by atoms with Crippen LogP contribution in [0.15, 0.2) is 18.2 Å². The predicted octanol–water partition coefficient (Wildman–Crippen LogP) is 2.38. The summed E-state index contributed by atoms with van der Waals surface area (Å²) in [5, 5.41) is 6.53. The molecule has 1 aromatic carbocycles. The minimum Gasteiger partial charge on any atom is -0.493 e. The van der Waals surface area contributed by atoms with Gasteiger partial charge in [-0.15, -0.1) is 0 Å².